The normalized spacial score (nSPS) is 17.0. The van der Waals surface area contributed by atoms with Crippen molar-refractivity contribution in [1.29, 1.82) is 0 Å². The topological polar surface area (TPSA) is 25.8 Å². The Morgan fingerprint density at radius 3 is 2.07 bits per heavy atom. The number of nitrogens with zero attached hydrogens (tertiary/aromatic N) is 2. The van der Waals surface area contributed by atoms with Crippen molar-refractivity contribution in [1.82, 2.24) is 9.97 Å². The van der Waals surface area contributed by atoms with E-state index in [0.717, 1.165) is 34.8 Å². The first-order valence-corrected chi connectivity index (χ1v) is 22.0. The van der Waals surface area contributed by atoms with Gasteiger partial charge in [0.25, 0.3) is 0 Å². The maximum Gasteiger partial charge on any atom is 0.161 e. The van der Waals surface area contributed by atoms with Crippen molar-refractivity contribution in [2.45, 2.75) is 69.6 Å². The van der Waals surface area contributed by atoms with E-state index in [2.05, 4.69) is 159 Å². The number of fused-ring (bicyclic) bond motifs is 11. The third-order valence-electron chi connectivity index (χ3n) is 13.9. The molecule has 0 aliphatic heterocycles. The largest absolute Gasteiger partial charge is 0.227 e. The summed E-state index contributed by atoms with van der Waals surface area (Å²) in [6.45, 7) is 4.81. The molecule has 0 saturated heterocycles. The van der Waals surface area contributed by atoms with E-state index >= 15 is 0 Å². The summed E-state index contributed by atoms with van der Waals surface area (Å²) in [7, 11) is 0. The fraction of sp³-hybridized carbons (Fsp3) is 0.200. The molecule has 1 fully saturated rings. The molecule has 280 valence electrons. The highest BCUT2D eigenvalue weighted by Crippen LogP contribution is 2.60. The predicted molar refractivity (Wildman–Crippen MR) is 244 cm³/mol. The van der Waals surface area contributed by atoms with Gasteiger partial charge in [0.15, 0.2) is 5.82 Å². The zero-order valence-electron chi connectivity index (χ0n) is 33.1. The molecule has 2 aromatic heterocycles. The Morgan fingerprint density at radius 1 is 0.534 bits per heavy atom. The van der Waals surface area contributed by atoms with E-state index in [4.69, 9.17) is 9.97 Å². The van der Waals surface area contributed by atoms with Crippen molar-refractivity contribution in [3.8, 4) is 55.9 Å². The molecule has 0 unspecified atom stereocenters. The highest BCUT2D eigenvalue weighted by atomic mass is 32.1. The first-order chi connectivity index (χ1) is 28.5. The predicted octanol–water partition coefficient (Wildman–Crippen LogP) is 15.1. The third-order valence-corrected chi connectivity index (χ3v) is 15.0. The summed E-state index contributed by atoms with van der Waals surface area (Å²) in [6, 6.07) is 48.3. The van der Waals surface area contributed by atoms with Crippen LogP contribution in [0.5, 0.6) is 0 Å². The molecule has 12 rings (SSSR count). The van der Waals surface area contributed by atoms with E-state index in [1.807, 2.05) is 0 Å². The van der Waals surface area contributed by atoms with Gasteiger partial charge < -0.3 is 0 Å². The van der Waals surface area contributed by atoms with Crippen LogP contribution < -0.4 is 0 Å². The van der Waals surface area contributed by atoms with Crippen LogP contribution in [0.3, 0.4) is 0 Å². The zero-order chi connectivity index (χ0) is 38.6. The highest BCUT2D eigenvalue weighted by Gasteiger charge is 2.46. The second-order valence-corrected chi connectivity index (χ2v) is 18.5. The average molecular weight is 765 g/mol. The maximum absolute atomic E-state index is 5.26. The van der Waals surface area contributed by atoms with Gasteiger partial charge in [0.1, 0.15) is 4.83 Å². The number of allylic oxidation sites excluding steroid dienone is 4. The molecule has 0 radical (unpaired) electrons. The van der Waals surface area contributed by atoms with Gasteiger partial charge in [-0.15, -0.1) is 11.3 Å². The maximum atomic E-state index is 5.26. The van der Waals surface area contributed by atoms with Crippen LogP contribution in [0.15, 0.2) is 146 Å². The van der Waals surface area contributed by atoms with E-state index in [0.29, 0.717) is 0 Å². The van der Waals surface area contributed by atoms with Crippen molar-refractivity contribution in [2.75, 3.05) is 0 Å². The van der Waals surface area contributed by atoms with Gasteiger partial charge in [-0.25, -0.2) is 9.97 Å². The summed E-state index contributed by atoms with van der Waals surface area (Å²) in [4.78, 5) is 11.5. The van der Waals surface area contributed by atoms with Gasteiger partial charge in [-0.3, -0.25) is 0 Å². The highest BCUT2D eigenvalue weighted by molar-refractivity contribution is 7.25. The molecule has 0 amide bonds. The molecule has 58 heavy (non-hydrogen) atoms. The summed E-state index contributed by atoms with van der Waals surface area (Å²) in [5.41, 5.74) is 20.1. The Balaban J connectivity index is 0.906. The van der Waals surface area contributed by atoms with Crippen LogP contribution in [0, 0.1) is 0 Å². The van der Waals surface area contributed by atoms with Gasteiger partial charge in [-0.1, -0.05) is 148 Å². The monoisotopic (exact) mass is 764 g/mol. The molecule has 0 atom stereocenters. The molecular weight excluding hydrogens is 721 g/mol. The third kappa shape index (κ3) is 5.02. The number of benzene rings is 6. The molecule has 2 nitrogen and oxygen atoms in total. The van der Waals surface area contributed by atoms with Gasteiger partial charge in [0.05, 0.1) is 5.69 Å². The first-order valence-electron chi connectivity index (χ1n) is 21.2. The van der Waals surface area contributed by atoms with E-state index in [-0.39, 0.29) is 10.8 Å². The lowest BCUT2D eigenvalue weighted by molar-refractivity contribution is 0.353. The Hall–Kier alpha value is -5.90. The van der Waals surface area contributed by atoms with E-state index in [1.54, 1.807) is 22.5 Å². The van der Waals surface area contributed by atoms with Crippen LogP contribution in [-0.4, -0.2) is 9.97 Å². The molecule has 6 aromatic carbocycles. The van der Waals surface area contributed by atoms with Gasteiger partial charge in [0, 0.05) is 31.9 Å². The minimum atomic E-state index is -0.00485. The molecule has 3 heteroatoms. The Bertz CT molecular complexity index is 3060. The van der Waals surface area contributed by atoms with Gasteiger partial charge in [0.2, 0.25) is 0 Å². The van der Waals surface area contributed by atoms with Crippen molar-refractivity contribution < 1.29 is 0 Å². The van der Waals surface area contributed by atoms with E-state index in [1.165, 1.54) is 109 Å². The molecule has 1 spiro atoms. The molecule has 2 heterocycles. The molecule has 0 bridgehead atoms. The summed E-state index contributed by atoms with van der Waals surface area (Å²) in [6.07, 6.45) is 15.3. The SMILES string of the molecule is CC1(C)c2ccccc2-c2cc3c(cc21)-c1ccc(-c2cccc(-c4ccc(-c5nc(C6=CCCC=C6)c6c(n5)sc5ccccc56)cc4)c2)cc1C31CCCCC1. The number of aromatic nitrogens is 2. The Morgan fingerprint density at radius 2 is 1.22 bits per heavy atom. The summed E-state index contributed by atoms with van der Waals surface area (Å²) in [5.74, 6) is 0.781. The first kappa shape index (κ1) is 34.2. The van der Waals surface area contributed by atoms with Gasteiger partial charge in [-0.05, 0) is 128 Å². The number of rotatable bonds is 4. The number of thiophene rings is 1. The average Bonchev–Trinajstić information content (AvgIpc) is 3.86. The van der Waals surface area contributed by atoms with Crippen LogP contribution in [0.4, 0.5) is 0 Å². The van der Waals surface area contributed by atoms with Crippen LogP contribution in [0.1, 0.15) is 86.7 Å². The molecule has 0 N–H and O–H groups in total. The quantitative estimate of drug-likeness (QED) is 0.178. The number of hydrogen-bond acceptors (Lipinski definition) is 3. The fourth-order valence-corrected chi connectivity index (χ4v) is 12.1. The molecular formula is C55H44N2S. The van der Waals surface area contributed by atoms with Crippen molar-refractivity contribution in [3.05, 3.63) is 174 Å². The fourth-order valence-electron chi connectivity index (χ4n) is 11.0. The van der Waals surface area contributed by atoms with Gasteiger partial charge >= 0.3 is 0 Å². The lowest BCUT2D eigenvalue weighted by atomic mass is 9.67. The molecule has 8 aromatic rings. The van der Waals surface area contributed by atoms with Crippen LogP contribution in [-0.2, 0) is 10.8 Å². The summed E-state index contributed by atoms with van der Waals surface area (Å²) in [5, 5.41) is 2.40. The smallest absolute Gasteiger partial charge is 0.161 e. The molecule has 4 aliphatic rings. The van der Waals surface area contributed by atoms with Crippen molar-refractivity contribution >= 4 is 37.2 Å². The molecule has 1 saturated carbocycles. The van der Waals surface area contributed by atoms with Crippen LogP contribution in [0.2, 0.25) is 0 Å². The van der Waals surface area contributed by atoms with E-state index < -0.39 is 0 Å². The minimum absolute atomic E-state index is 0.00485. The molecule has 4 aliphatic carbocycles. The minimum Gasteiger partial charge on any atom is -0.227 e. The summed E-state index contributed by atoms with van der Waals surface area (Å²) >= 11 is 1.76. The second kappa shape index (κ2) is 12.8. The van der Waals surface area contributed by atoms with Crippen LogP contribution in [0.25, 0.3) is 81.8 Å². The second-order valence-electron chi connectivity index (χ2n) is 17.5. The van der Waals surface area contributed by atoms with E-state index in [9.17, 15) is 0 Å². The number of hydrogen-bond donors (Lipinski definition) is 0. The Labute approximate surface area is 344 Å². The lowest BCUT2D eigenvalue weighted by Gasteiger charge is -2.36. The van der Waals surface area contributed by atoms with Crippen molar-refractivity contribution in [3.63, 3.8) is 0 Å². The van der Waals surface area contributed by atoms with Gasteiger partial charge in [-0.2, -0.15) is 0 Å². The van der Waals surface area contributed by atoms with Crippen molar-refractivity contribution in [2.24, 2.45) is 0 Å². The van der Waals surface area contributed by atoms with Crippen LogP contribution >= 0.6 is 11.3 Å². The Kier molecular flexibility index (Phi) is 7.54. The lowest BCUT2D eigenvalue weighted by Crippen LogP contribution is -2.28. The standard InChI is InChI=1S/C55H44N2S/c1-54(2)45-20-9-7-18-40(45)43-33-48-44(32-46(43)54)41-27-26-39(31-47(41)55(48)28-11-4-12-29-55)38-17-13-16-37(30-38)34-22-24-36(25-23-34)52-56-51(35-14-5-3-6-15-35)50-42-19-8-10-21-49(42)58-53(50)57-52/h5,7-10,13-27,30-33H,3-4,6,11-12,28-29H2,1-2H3. The zero-order valence-corrected chi connectivity index (χ0v) is 33.9. The summed E-state index contributed by atoms with van der Waals surface area (Å²) < 4.78 is 1.25.